The highest BCUT2D eigenvalue weighted by Crippen LogP contribution is 2.15. The van der Waals surface area contributed by atoms with Crippen LogP contribution >= 0.6 is 0 Å². The molecule has 104 valence electrons. The molecule has 2 aromatic rings. The van der Waals surface area contributed by atoms with Gasteiger partial charge in [-0.25, -0.2) is 0 Å². The van der Waals surface area contributed by atoms with Crippen molar-refractivity contribution in [3.8, 4) is 12.3 Å². The van der Waals surface area contributed by atoms with Crippen molar-refractivity contribution in [2.24, 2.45) is 0 Å². The van der Waals surface area contributed by atoms with Gasteiger partial charge in [0.1, 0.15) is 0 Å². The summed E-state index contributed by atoms with van der Waals surface area (Å²) in [6, 6.07) is 10.4. The summed E-state index contributed by atoms with van der Waals surface area (Å²) in [5.41, 5.74) is 2.25. The average molecular weight is 266 g/mol. The Kier molecular flexibility index (Phi) is 5.58. The zero-order chi connectivity index (χ0) is 14.2. The fourth-order valence-corrected chi connectivity index (χ4v) is 1.81. The average Bonchev–Trinajstić information content (AvgIpc) is 2.42. The Labute approximate surface area is 121 Å². The number of hydrogen-bond donors (Lipinski definition) is 1. The summed E-state index contributed by atoms with van der Waals surface area (Å²) in [5.74, 6) is 2.65. The van der Waals surface area contributed by atoms with Crippen molar-refractivity contribution in [3.63, 3.8) is 0 Å². The third kappa shape index (κ3) is 4.36. The van der Waals surface area contributed by atoms with Gasteiger partial charge >= 0.3 is 0 Å². The molecular weight excluding hydrogens is 244 g/mol. The lowest BCUT2D eigenvalue weighted by atomic mass is 10.0. The minimum Gasteiger partial charge on any atom is -0.300 e. The second-order valence-corrected chi connectivity index (χ2v) is 5.21. The molecule has 3 rings (SSSR count). The molecule has 1 atom stereocenters. The van der Waals surface area contributed by atoms with Crippen molar-refractivity contribution in [1.82, 2.24) is 10.3 Å². The minimum atomic E-state index is 0.101. The van der Waals surface area contributed by atoms with Crippen LogP contribution in [0.15, 0.2) is 36.5 Å². The van der Waals surface area contributed by atoms with E-state index in [2.05, 4.69) is 34.4 Å². The van der Waals surface area contributed by atoms with Crippen LogP contribution in [-0.2, 0) is 6.54 Å². The first-order chi connectivity index (χ1) is 9.79. The highest BCUT2D eigenvalue weighted by molar-refractivity contribution is 5.78. The van der Waals surface area contributed by atoms with Gasteiger partial charge in [-0.05, 0) is 30.7 Å². The molecule has 1 aliphatic carbocycles. The van der Waals surface area contributed by atoms with Crippen LogP contribution in [0.1, 0.15) is 38.2 Å². The lowest BCUT2D eigenvalue weighted by molar-refractivity contribution is 0.504. The van der Waals surface area contributed by atoms with Crippen LogP contribution in [0.5, 0.6) is 0 Å². The molecule has 1 unspecified atom stereocenters. The first kappa shape index (κ1) is 14.6. The lowest BCUT2D eigenvalue weighted by Gasteiger charge is -2.08. The van der Waals surface area contributed by atoms with Gasteiger partial charge in [-0.1, -0.05) is 43.7 Å². The maximum absolute atomic E-state index is 5.30. The molecule has 0 aliphatic heterocycles. The number of nitrogens with one attached hydrogen (secondary N) is 1. The van der Waals surface area contributed by atoms with E-state index in [1.807, 2.05) is 19.1 Å². The van der Waals surface area contributed by atoms with E-state index in [0.29, 0.717) is 0 Å². The summed E-state index contributed by atoms with van der Waals surface area (Å²) >= 11 is 0. The molecule has 0 saturated heterocycles. The summed E-state index contributed by atoms with van der Waals surface area (Å²) in [6.07, 6.45) is 13.1. The van der Waals surface area contributed by atoms with Crippen molar-refractivity contribution in [2.45, 2.75) is 45.2 Å². The number of fused-ring (bicyclic) bond motifs is 1. The van der Waals surface area contributed by atoms with Gasteiger partial charge in [0.2, 0.25) is 0 Å². The highest BCUT2D eigenvalue weighted by atomic mass is 14.9. The summed E-state index contributed by atoms with van der Waals surface area (Å²) in [6.45, 7) is 2.76. The Morgan fingerprint density at radius 2 is 2.00 bits per heavy atom. The first-order valence-electron chi connectivity index (χ1n) is 7.33. The molecule has 0 bridgehead atoms. The van der Waals surface area contributed by atoms with Gasteiger partial charge in [-0.3, -0.25) is 10.3 Å². The molecule has 1 N–H and O–H groups in total. The van der Waals surface area contributed by atoms with Crippen molar-refractivity contribution >= 4 is 10.9 Å². The van der Waals surface area contributed by atoms with E-state index in [1.54, 1.807) is 6.20 Å². The predicted octanol–water partition coefficient (Wildman–Crippen LogP) is 3.91. The molecule has 20 heavy (non-hydrogen) atoms. The third-order valence-electron chi connectivity index (χ3n) is 3.53. The quantitative estimate of drug-likeness (QED) is 0.852. The molecule has 1 aliphatic rings. The fourth-order valence-electron chi connectivity index (χ4n) is 1.81. The Bertz CT molecular complexity index is 575. The number of rotatable bonds is 3. The van der Waals surface area contributed by atoms with E-state index in [0.717, 1.165) is 17.4 Å². The van der Waals surface area contributed by atoms with Crippen molar-refractivity contribution in [3.05, 3.63) is 42.1 Å². The smallest absolute Gasteiger partial charge is 0.0702 e. The fraction of sp³-hybridized carbons (Fsp3) is 0.389. The second kappa shape index (κ2) is 7.67. The van der Waals surface area contributed by atoms with Crippen molar-refractivity contribution in [1.29, 1.82) is 0 Å². The molecule has 1 aromatic carbocycles. The van der Waals surface area contributed by atoms with Crippen LogP contribution in [-0.4, -0.2) is 11.0 Å². The van der Waals surface area contributed by atoms with Gasteiger partial charge in [0, 0.05) is 18.1 Å². The molecule has 1 heterocycles. The lowest BCUT2D eigenvalue weighted by Crippen LogP contribution is -2.23. The van der Waals surface area contributed by atoms with Crippen molar-refractivity contribution < 1.29 is 0 Å². The number of terminal acetylenes is 1. The summed E-state index contributed by atoms with van der Waals surface area (Å²) in [7, 11) is 0. The predicted molar refractivity (Wildman–Crippen MR) is 85.3 cm³/mol. The third-order valence-corrected chi connectivity index (χ3v) is 3.53. The van der Waals surface area contributed by atoms with Gasteiger partial charge < -0.3 is 0 Å². The second-order valence-electron chi connectivity index (χ2n) is 5.21. The largest absolute Gasteiger partial charge is 0.300 e. The van der Waals surface area contributed by atoms with Crippen molar-refractivity contribution in [2.75, 3.05) is 0 Å². The van der Waals surface area contributed by atoms with Gasteiger partial charge in [0.05, 0.1) is 11.6 Å². The van der Waals surface area contributed by atoms with Crippen LogP contribution in [0.25, 0.3) is 10.9 Å². The molecule has 0 amide bonds. The number of pyridine rings is 1. The molecular formula is C18H22N2. The highest BCUT2D eigenvalue weighted by Gasteiger charge is 1.99. The van der Waals surface area contributed by atoms with Gasteiger partial charge in [-0.2, -0.15) is 0 Å². The Morgan fingerprint density at radius 3 is 2.65 bits per heavy atom. The maximum atomic E-state index is 5.30. The minimum absolute atomic E-state index is 0.101. The summed E-state index contributed by atoms with van der Waals surface area (Å²) < 4.78 is 0. The van der Waals surface area contributed by atoms with Gasteiger partial charge in [0.15, 0.2) is 0 Å². The number of hydrogen-bond acceptors (Lipinski definition) is 2. The molecule has 1 saturated carbocycles. The van der Waals surface area contributed by atoms with E-state index < -0.39 is 0 Å². The number of nitrogens with zero attached hydrogens (tertiary/aromatic N) is 1. The van der Waals surface area contributed by atoms with E-state index in [-0.39, 0.29) is 6.04 Å². The normalized spacial score (nSPS) is 14.6. The standard InChI is InChI=1S/C14H14N2.C4H8/c1-3-11(2)16-10-12-6-7-14-13(9-12)5-4-8-15-14;1-2-4-3-1/h1,4-9,11,16H,10H2,2H3;1-4H2. The topological polar surface area (TPSA) is 24.9 Å². The molecule has 0 radical (unpaired) electrons. The van der Waals surface area contributed by atoms with E-state index >= 15 is 0 Å². The van der Waals surface area contributed by atoms with Crippen LogP contribution in [0.4, 0.5) is 0 Å². The van der Waals surface area contributed by atoms with Crippen LogP contribution in [0.3, 0.4) is 0 Å². The first-order valence-corrected chi connectivity index (χ1v) is 7.33. The van der Waals surface area contributed by atoms with Crippen LogP contribution < -0.4 is 5.32 Å². The Morgan fingerprint density at radius 1 is 1.25 bits per heavy atom. The molecule has 2 nitrogen and oxygen atoms in total. The molecule has 0 spiro atoms. The zero-order valence-electron chi connectivity index (χ0n) is 12.1. The summed E-state index contributed by atoms with van der Waals surface area (Å²) in [4.78, 5) is 4.28. The number of benzene rings is 1. The maximum Gasteiger partial charge on any atom is 0.0702 e. The monoisotopic (exact) mass is 266 g/mol. The zero-order valence-corrected chi connectivity index (χ0v) is 12.1. The van der Waals surface area contributed by atoms with E-state index in [9.17, 15) is 0 Å². The Hall–Kier alpha value is -1.85. The van der Waals surface area contributed by atoms with Gasteiger partial charge in [-0.15, -0.1) is 6.42 Å². The van der Waals surface area contributed by atoms with Crippen LogP contribution in [0.2, 0.25) is 0 Å². The van der Waals surface area contributed by atoms with E-state index in [4.69, 9.17) is 6.42 Å². The SMILES string of the molecule is C#CC(C)NCc1ccc2ncccc2c1.C1CCC1. The molecule has 1 aromatic heterocycles. The van der Waals surface area contributed by atoms with Crippen LogP contribution in [0, 0.1) is 12.3 Å². The summed E-state index contributed by atoms with van der Waals surface area (Å²) in [5, 5.41) is 4.42. The molecule has 1 fully saturated rings. The van der Waals surface area contributed by atoms with Gasteiger partial charge in [0.25, 0.3) is 0 Å². The number of aromatic nitrogens is 1. The Balaban J connectivity index is 0.000000315. The molecule has 2 heteroatoms. The van der Waals surface area contributed by atoms with E-state index in [1.165, 1.54) is 31.2 Å².